The number of nitrogens with zero attached hydrogens (tertiary/aromatic N) is 3. The average Bonchev–Trinajstić information content (AvgIpc) is 3.10. The largest absolute Gasteiger partial charge is 0.426 e. The first-order valence-corrected chi connectivity index (χ1v) is 10.3. The lowest BCUT2D eigenvalue weighted by Gasteiger charge is -2.26. The Morgan fingerprint density at radius 2 is 1.72 bits per heavy atom. The molecule has 0 radical (unpaired) electrons. The van der Waals surface area contributed by atoms with Crippen LogP contribution in [-0.2, 0) is 13.6 Å². The molecule has 0 N–H and O–H groups in total. The smallest absolute Gasteiger partial charge is 0.302 e. The van der Waals surface area contributed by atoms with Crippen LogP contribution in [-0.4, -0.2) is 33.3 Å². The van der Waals surface area contributed by atoms with Crippen molar-refractivity contribution in [2.45, 2.75) is 25.8 Å². The van der Waals surface area contributed by atoms with Gasteiger partial charge in [-0.15, -0.1) is 0 Å². The fraction of sp³-hybridized carbons (Fsp3) is 0.304. The zero-order valence-electron chi connectivity index (χ0n) is 16.5. The molecule has 29 heavy (non-hydrogen) atoms. The van der Waals surface area contributed by atoms with Gasteiger partial charge in [0.15, 0.2) is 0 Å². The fourth-order valence-corrected chi connectivity index (χ4v) is 3.72. The minimum Gasteiger partial charge on any atom is -0.426 e. The van der Waals surface area contributed by atoms with E-state index in [1.807, 2.05) is 12.1 Å². The molecule has 0 aliphatic carbocycles. The summed E-state index contributed by atoms with van der Waals surface area (Å²) in [6.45, 7) is 3.33. The van der Waals surface area contributed by atoms with Crippen LogP contribution in [0.4, 0.5) is 0 Å². The van der Waals surface area contributed by atoms with Crippen LogP contribution in [0.5, 0.6) is 11.8 Å². The lowest BCUT2D eigenvalue weighted by Crippen LogP contribution is -2.28. The summed E-state index contributed by atoms with van der Waals surface area (Å²) in [5.74, 6) is 0.579. The number of imidazole rings is 1. The lowest BCUT2D eigenvalue weighted by molar-refractivity contribution is 0.103. The van der Waals surface area contributed by atoms with E-state index in [0.29, 0.717) is 28.0 Å². The number of ketones is 1. The summed E-state index contributed by atoms with van der Waals surface area (Å²) in [7, 11) is 1.77. The van der Waals surface area contributed by atoms with Gasteiger partial charge in [0.1, 0.15) is 11.4 Å². The molecule has 1 aliphatic heterocycles. The number of hydrogen-bond donors (Lipinski definition) is 0. The number of carbonyl (C=O) groups is 1. The first-order valence-electron chi connectivity index (χ1n) is 9.91. The zero-order valence-corrected chi connectivity index (χ0v) is 17.2. The van der Waals surface area contributed by atoms with Crippen molar-refractivity contribution in [3.05, 3.63) is 76.6 Å². The summed E-state index contributed by atoms with van der Waals surface area (Å²) < 4.78 is 7.57. The Bertz CT molecular complexity index is 974. The molecular weight excluding hydrogens is 386 g/mol. The van der Waals surface area contributed by atoms with Crippen molar-refractivity contribution in [2.24, 2.45) is 7.05 Å². The Balaban J connectivity index is 1.43. The Morgan fingerprint density at radius 3 is 2.41 bits per heavy atom. The molecule has 1 aromatic heterocycles. The van der Waals surface area contributed by atoms with Gasteiger partial charge in [0.25, 0.3) is 0 Å². The van der Waals surface area contributed by atoms with E-state index in [1.54, 1.807) is 35.9 Å². The van der Waals surface area contributed by atoms with Gasteiger partial charge >= 0.3 is 6.01 Å². The molecule has 5 nitrogen and oxygen atoms in total. The molecule has 0 amide bonds. The topological polar surface area (TPSA) is 47.4 Å². The number of carbonyl (C=O) groups excluding carboxylic acids is 1. The van der Waals surface area contributed by atoms with E-state index in [1.165, 1.54) is 44.1 Å². The lowest BCUT2D eigenvalue weighted by atomic mass is 10.1. The molecule has 6 heteroatoms. The van der Waals surface area contributed by atoms with Gasteiger partial charge in [0.05, 0.1) is 6.20 Å². The predicted octanol–water partition coefficient (Wildman–Crippen LogP) is 5.08. The maximum atomic E-state index is 12.7. The monoisotopic (exact) mass is 409 g/mol. The summed E-state index contributed by atoms with van der Waals surface area (Å²) in [5, 5.41) is 0.597. The third kappa shape index (κ3) is 4.69. The van der Waals surface area contributed by atoms with E-state index in [4.69, 9.17) is 16.3 Å². The summed E-state index contributed by atoms with van der Waals surface area (Å²) in [5.41, 5.74) is 2.30. The maximum Gasteiger partial charge on any atom is 0.302 e. The number of piperidine rings is 1. The molecule has 3 aromatic rings. The average molecular weight is 410 g/mol. The van der Waals surface area contributed by atoms with Crippen LogP contribution in [0.25, 0.3) is 0 Å². The maximum absolute atomic E-state index is 12.7. The minimum atomic E-state index is -0.122. The molecule has 0 spiro atoms. The second-order valence-corrected chi connectivity index (χ2v) is 7.84. The highest BCUT2D eigenvalue weighted by Gasteiger charge is 2.17. The quantitative estimate of drug-likeness (QED) is 0.532. The van der Waals surface area contributed by atoms with Crippen molar-refractivity contribution in [3.63, 3.8) is 0 Å². The van der Waals surface area contributed by atoms with Gasteiger partial charge in [-0.2, -0.15) is 0 Å². The number of aromatic nitrogens is 2. The first kappa shape index (κ1) is 19.7. The molecular formula is C23H24ClN3O2. The standard InChI is InChI=1S/C23H24ClN3O2/c1-26-21(22(28)18-7-9-19(24)10-8-18)15-25-23(26)29-20-11-5-17(6-12-20)16-27-13-3-2-4-14-27/h5-12,15H,2-4,13-14,16H2,1H3. The third-order valence-corrected chi connectivity index (χ3v) is 5.52. The van der Waals surface area contributed by atoms with Crippen molar-refractivity contribution in [1.82, 2.24) is 14.5 Å². The van der Waals surface area contributed by atoms with Gasteiger partial charge in [0, 0.05) is 24.2 Å². The predicted molar refractivity (Wildman–Crippen MR) is 114 cm³/mol. The number of ether oxygens (including phenoxy) is 1. The normalized spacial score (nSPS) is 14.7. The number of rotatable bonds is 6. The van der Waals surface area contributed by atoms with Crippen LogP contribution in [0, 0.1) is 0 Å². The Morgan fingerprint density at radius 1 is 1.03 bits per heavy atom. The van der Waals surface area contributed by atoms with E-state index in [9.17, 15) is 4.79 Å². The molecule has 1 saturated heterocycles. The van der Waals surface area contributed by atoms with Crippen molar-refractivity contribution >= 4 is 17.4 Å². The Kier molecular flexibility index (Phi) is 5.97. The summed E-state index contributed by atoms with van der Waals surface area (Å²) in [6.07, 6.45) is 5.46. The molecule has 0 bridgehead atoms. The highest BCUT2D eigenvalue weighted by atomic mass is 35.5. The van der Waals surface area contributed by atoms with E-state index in [2.05, 4.69) is 22.0 Å². The third-order valence-electron chi connectivity index (χ3n) is 5.27. The Hall–Kier alpha value is -2.63. The van der Waals surface area contributed by atoms with Gasteiger partial charge in [0.2, 0.25) is 5.78 Å². The number of likely N-dealkylation sites (tertiary alicyclic amines) is 1. The molecule has 2 heterocycles. The van der Waals surface area contributed by atoms with Crippen molar-refractivity contribution < 1.29 is 9.53 Å². The number of hydrogen-bond acceptors (Lipinski definition) is 4. The van der Waals surface area contributed by atoms with Gasteiger partial charge in [-0.3, -0.25) is 14.3 Å². The van der Waals surface area contributed by atoms with E-state index < -0.39 is 0 Å². The highest BCUT2D eigenvalue weighted by Crippen LogP contribution is 2.23. The van der Waals surface area contributed by atoms with Crippen LogP contribution in [0.15, 0.2) is 54.7 Å². The SMILES string of the molecule is Cn1c(C(=O)c2ccc(Cl)cc2)cnc1Oc1ccc(CN2CCCCC2)cc1. The first-order chi connectivity index (χ1) is 14.1. The minimum absolute atomic E-state index is 0.122. The summed E-state index contributed by atoms with van der Waals surface area (Å²) >= 11 is 5.90. The molecule has 4 rings (SSSR count). The van der Waals surface area contributed by atoms with Crippen LogP contribution < -0.4 is 4.74 Å². The number of benzene rings is 2. The van der Waals surface area contributed by atoms with Crippen LogP contribution in [0.2, 0.25) is 5.02 Å². The van der Waals surface area contributed by atoms with Crippen molar-refractivity contribution in [1.29, 1.82) is 0 Å². The van der Waals surface area contributed by atoms with E-state index in [0.717, 1.165) is 6.54 Å². The molecule has 150 valence electrons. The summed E-state index contributed by atoms with van der Waals surface area (Å²) in [4.78, 5) is 19.5. The van der Waals surface area contributed by atoms with E-state index in [-0.39, 0.29) is 5.78 Å². The van der Waals surface area contributed by atoms with E-state index >= 15 is 0 Å². The molecule has 2 aromatic carbocycles. The van der Waals surface area contributed by atoms with Crippen LogP contribution in [0.1, 0.15) is 40.9 Å². The zero-order chi connectivity index (χ0) is 20.2. The molecule has 0 atom stereocenters. The molecule has 0 saturated carbocycles. The van der Waals surface area contributed by atoms with Crippen molar-refractivity contribution in [3.8, 4) is 11.8 Å². The highest BCUT2D eigenvalue weighted by molar-refractivity contribution is 6.30. The second-order valence-electron chi connectivity index (χ2n) is 7.40. The second kappa shape index (κ2) is 8.80. The Labute approximate surface area is 175 Å². The molecule has 1 fully saturated rings. The molecule has 0 unspecified atom stereocenters. The van der Waals surface area contributed by atoms with Crippen LogP contribution >= 0.6 is 11.6 Å². The van der Waals surface area contributed by atoms with Crippen molar-refractivity contribution in [2.75, 3.05) is 13.1 Å². The van der Waals surface area contributed by atoms with Gasteiger partial charge in [-0.25, -0.2) is 4.98 Å². The fourth-order valence-electron chi connectivity index (χ4n) is 3.59. The number of halogens is 1. The van der Waals surface area contributed by atoms with Gasteiger partial charge < -0.3 is 4.74 Å². The summed E-state index contributed by atoms with van der Waals surface area (Å²) in [6, 6.07) is 15.3. The van der Waals surface area contributed by atoms with Gasteiger partial charge in [-0.1, -0.05) is 30.2 Å². The van der Waals surface area contributed by atoms with Crippen LogP contribution in [0.3, 0.4) is 0 Å². The molecule has 1 aliphatic rings. The van der Waals surface area contributed by atoms with Gasteiger partial charge in [-0.05, 0) is 67.9 Å².